The molecule has 1 heterocycles. The molecule has 1 aliphatic carbocycles. The first-order valence-corrected chi connectivity index (χ1v) is 7.97. The lowest BCUT2D eigenvalue weighted by Crippen LogP contribution is -2.41. The number of hydrogen-bond acceptors (Lipinski definition) is 2. The second-order valence-corrected chi connectivity index (χ2v) is 6.53. The van der Waals surface area contributed by atoms with Crippen LogP contribution >= 0.6 is 35.7 Å². The van der Waals surface area contributed by atoms with Crippen molar-refractivity contribution in [2.75, 3.05) is 19.3 Å². The van der Waals surface area contributed by atoms with Gasteiger partial charge in [0.15, 0.2) is 5.96 Å². The third-order valence-electron chi connectivity index (χ3n) is 3.65. The Morgan fingerprint density at radius 1 is 1.44 bits per heavy atom. The van der Waals surface area contributed by atoms with E-state index in [2.05, 4.69) is 34.3 Å². The van der Waals surface area contributed by atoms with Crippen LogP contribution < -0.4 is 10.6 Å². The normalized spacial score (nSPS) is 30.8. The predicted molar refractivity (Wildman–Crippen MR) is 92.2 cm³/mol. The average Bonchev–Trinajstić information content (AvgIpc) is 2.86. The molecule has 0 radical (unpaired) electrons. The molecule has 0 aromatic rings. The maximum Gasteiger partial charge on any atom is 0.191 e. The number of rotatable bonds is 5. The van der Waals surface area contributed by atoms with Crippen LogP contribution in [0.25, 0.3) is 0 Å². The van der Waals surface area contributed by atoms with Crippen molar-refractivity contribution in [2.45, 2.75) is 50.3 Å². The predicted octanol–water partition coefficient (Wildman–Crippen LogP) is 2.85. The third kappa shape index (κ3) is 5.15. The van der Waals surface area contributed by atoms with Crippen molar-refractivity contribution in [3.05, 3.63) is 0 Å². The minimum absolute atomic E-state index is 0. The van der Waals surface area contributed by atoms with Crippen LogP contribution in [0.3, 0.4) is 0 Å². The Labute approximate surface area is 132 Å². The van der Waals surface area contributed by atoms with Crippen LogP contribution in [0.4, 0.5) is 0 Å². The zero-order valence-corrected chi connectivity index (χ0v) is 14.6. The van der Waals surface area contributed by atoms with Gasteiger partial charge in [-0.25, -0.2) is 0 Å². The van der Waals surface area contributed by atoms with Crippen LogP contribution in [0.2, 0.25) is 0 Å². The maximum absolute atomic E-state index is 4.31. The van der Waals surface area contributed by atoms with Gasteiger partial charge in [0.25, 0.3) is 0 Å². The number of halogens is 1. The van der Waals surface area contributed by atoms with Crippen molar-refractivity contribution in [2.24, 2.45) is 10.9 Å². The third-order valence-corrected chi connectivity index (χ3v) is 5.05. The fourth-order valence-corrected chi connectivity index (χ4v) is 3.70. The van der Waals surface area contributed by atoms with E-state index < -0.39 is 0 Å². The molecule has 0 amide bonds. The number of nitrogens with one attached hydrogen (secondary N) is 2. The van der Waals surface area contributed by atoms with Crippen molar-refractivity contribution in [1.82, 2.24) is 10.6 Å². The lowest BCUT2D eigenvalue weighted by atomic mass is 10.2. The molecular weight excluding hydrogens is 357 g/mol. The van der Waals surface area contributed by atoms with Gasteiger partial charge in [-0.3, -0.25) is 4.99 Å². The van der Waals surface area contributed by atoms with E-state index in [1.54, 1.807) is 0 Å². The van der Waals surface area contributed by atoms with Gasteiger partial charge in [0.1, 0.15) is 0 Å². The molecule has 3 unspecified atom stereocenters. The highest BCUT2D eigenvalue weighted by Gasteiger charge is 2.36. The SMILES string of the molecule is CCCC1CC1NC(=NC)NCC1CCCS1.I. The molecule has 2 aliphatic rings. The zero-order valence-electron chi connectivity index (χ0n) is 11.4. The molecule has 1 saturated carbocycles. The van der Waals surface area contributed by atoms with Crippen molar-refractivity contribution in [3.63, 3.8) is 0 Å². The monoisotopic (exact) mass is 383 g/mol. The summed E-state index contributed by atoms with van der Waals surface area (Å²) >= 11 is 2.09. The van der Waals surface area contributed by atoms with Gasteiger partial charge >= 0.3 is 0 Å². The fourth-order valence-electron chi connectivity index (χ4n) is 2.50. The Balaban J connectivity index is 0.00000162. The van der Waals surface area contributed by atoms with Crippen LogP contribution in [0.1, 0.15) is 39.0 Å². The Kier molecular flexibility index (Phi) is 7.75. The minimum Gasteiger partial charge on any atom is -0.355 e. The van der Waals surface area contributed by atoms with Crippen molar-refractivity contribution >= 4 is 41.7 Å². The fraction of sp³-hybridized carbons (Fsp3) is 0.923. The largest absolute Gasteiger partial charge is 0.355 e. The lowest BCUT2D eigenvalue weighted by Gasteiger charge is -2.14. The van der Waals surface area contributed by atoms with Crippen LogP contribution in [0.15, 0.2) is 4.99 Å². The summed E-state index contributed by atoms with van der Waals surface area (Å²) in [5.74, 6) is 3.22. The molecule has 0 aromatic heterocycles. The van der Waals surface area contributed by atoms with E-state index in [0.717, 1.165) is 23.7 Å². The van der Waals surface area contributed by atoms with E-state index in [-0.39, 0.29) is 24.0 Å². The second-order valence-electron chi connectivity index (χ2n) is 5.12. The van der Waals surface area contributed by atoms with Crippen LogP contribution in [0.5, 0.6) is 0 Å². The molecule has 18 heavy (non-hydrogen) atoms. The van der Waals surface area contributed by atoms with Gasteiger partial charge in [-0.2, -0.15) is 11.8 Å². The number of hydrogen-bond donors (Lipinski definition) is 2. The topological polar surface area (TPSA) is 36.4 Å². The van der Waals surface area contributed by atoms with Gasteiger partial charge in [-0.05, 0) is 37.4 Å². The molecule has 0 aromatic carbocycles. The Morgan fingerprint density at radius 2 is 2.28 bits per heavy atom. The first-order chi connectivity index (χ1) is 8.33. The van der Waals surface area contributed by atoms with Gasteiger partial charge in [0, 0.05) is 24.9 Å². The van der Waals surface area contributed by atoms with E-state index in [4.69, 9.17) is 0 Å². The van der Waals surface area contributed by atoms with Crippen molar-refractivity contribution in [1.29, 1.82) is 0 Å². The highest BCUT2D eigenvalue weighted by molar-refractivity contribution is 14.0. The lowest BCUT2D eigenvalue weighted by molar-refractivity contribution is 0.652. The zero-order chi connectivity index (χ0) is 12.1. The van der Waals surface area contributed by atoms with E-state index in [1.807, 2.05) is 7.05 Å². The van der Waals surface area contributed by atoms with E-state index in [1.165, 1.54) is 37.9 Å². The molecule has 1 aliphatic heterocycles. The number of thioether (sulfide) groups is 1. The number of aliphatic imine (C=N–C) groups is 1. The molecule has 5 heteroatoms. The summed E-state index contributed by atoms with van der Waals surface area (Å²) in [6.07, 6.45) is 6.72. The molecule has 2 fully saturated rings. The summed E-state index contributed by atoms with van der Waals surface area (Å²) in [5.41, 5.74) is 0. The van der Waals surface area contributed by atoms with E-state index in [0.29, 0.717) is 6.04 Å². The van der Waals surface area contributed by atoms with Gasteiger partial charge in [-0.15, -0.1) is 24.0 Å². The Hall–Kier alpha value is 0.350. The highest BCUT2D eigenvalue weighted by atomic mass is 127. The summed E-state index contributed by atoms with van der Waals surface area (Å²) < 4.78 is 0. The average molecular weight is 383 g/mol. The molecule has 1 saturated heterocycles. The number of guanidine groups is 1. The van der Waals surface area contributed by atoms with Crippen molar-refractivity contribution < 1.29 is 0 Å². The summed E-state index contributed by atoms with van der Waals surface area (Å²) in [6, 6.07) is 0.678. The minimum atomic E-state index is 0. The van der Waals surface area contributed by atoms with E-state index in [9.17, 15) is 0 Å². The van der Waals surface area contributed by atoms with Crippen LogP contribution in [-0.4, -0.2) is 36.6 Å². The number of nitrogens with zero attached hydrogens (tertiary/aromatic N) is 1. The summed E-state index contributed by atoms with van der Waals surface area (Å²) in [4.78, 5) is 4.31. The van der Waals surface area contributed by atoms with Gasteiger partial charge in [-0.1, -0.05) is 13.3 Å². The first-order valence-electron chi connectivity index (χ1n) is 6.92. The quantitative estimate of drug-likeness (QED) is 0.436. The van der Waals surface area contributed by atoms with Crippen LogP contribution in [0, 0.1) is 5.92 Å². The Bertz CT molecular complexity index is 267. The molecule has 106 valence electrons. The molecule has 3 nitrogen and oxygen atoms in total. The molecule has 2 rings (SSSR count). The molecule has 2 N–H and O–H groups in total. The van der Waals surface area contributed by atoms with Crippen molar-refractivity contribution in [3.8, 4) is 0 Å². The van der Waals surface area contributed by atoms with Gasteiger partial charge < -0.3 is 10.6 Å². The van der Waals surface area contributed by atoms with Gasteiger partial charge in [0.05, 0.1) is 0 Å². The molecule has 0 bridgehead atoms. The summed E-state index contributed by atoms with van der Waals surface area (Å²) in [6.45, 7) is 3.33. The second kappa shape index (κ2) is 8.51. The Morgan fingerprint density at radius 3 is 2.89 bits per heavy atom. The standard InChI is InChI=1S/C13H25N3S.HI/c1-3-5-10-8-12(10)16-13(14-2)15-9-11-6-4-7-17-11;/h10-12H,3-9H2,1-2H3,(H2,14,15,16);1H. The first kappa shape index (κ1) is 16.4. The summed E-state index contributed by atoms with van der Waals surface area (Å²) in [7, 11) is 1.87. The van der Waals surface area contributed by atoms with Gasteiger partial charge in [0.2, 0.25) is 0 Å². The summed E-state index contributed by atoms with van der Waals surface area (Å²) in [5, 5.41) is 7.78. The molecule has 0 spiro atoms. The maximum atomic E-state index is 4.31. The smallest absolute Gasteiger partial charge is 0.191 e. The highest BCUT2D eigenvalue weighted by Crippen LogP contribution is 2.34. The van der Waals surface area contributed by atoms with E-state index >= 15 is 0 Å². The van der Waals surface area contributed by atoms with Crippen LogP contribution in [-0.2, 0) is 0 Å². The molecular formula is C13H26IN3S. The molecule has 3 atom stereocenters.